The van der Waals surface area contributed by atoms with E-state index >= 15 is 0 Å². The summed E-state index contributed by atoms with van der Waals surface area (Å²) in [5, 5.41) is 0.701. The van der Waals surface area contributed by atoms with Gasteiger partial charge in [-0.25, -0.2) is 0 Å². The predicted octanol–water partition coefficient (Wildman–Crippen LogP) is 2.54. The third-order valence-corrected chi connectivity index (χ3v) is 3.64. The second-order valence-electron chi connectivity index (χ2n) is 3.66. The molecule has 2 rings (SSSR count). The van der Waals surface area contributed by atoms with Gasteiger partial charge >= 0.3 is 0 Å². The van der Waals surface area contributed by atoms with Crippen LogP contribution in [-0.4, -0.2) is 5.78 Å². The molecule has 1 heterocycles. The number of hydrogen-bond acceptors (Lipinski definition) is 3. The summed E-state index contributed by atoms with van der Waals surface area (Å²) in [6.07, 6.45) is 2.10. The maximum atomic E-state index is 11.8. The van der Waals surface area contributed by atoms with Crippen LogP contribution >= 0.6 is 11.3 Å². The SMILES string of the molecule is Cc1sc(N)c(C(=O)C2CC2)c1C. The quantitative estimate of drug-likeness (QED) is 0.737. The fourth-order valence-electron chi connectivity index (χ4n) is 1.51. The molecule has 0 saturated heterocycles. The standard InChI is InChI=1S/C10H13NOS/c1-5-6(2)13-10(11)8(5)9(12)7-3-4-7/h7H,3-4,11H2,1-2H3. The van der Waals surface area contributed by atoms with Gasteiger partial charge in [0.25, 0.3) is 0 Å². The topological polar surface area (TPSA) is 43.1 Å². The van der Waals surface area contributed by atoms with Crippen LogP contribution in [-0.2, 0) is 0 Å². The number of nitrogens with two attached hydrogens (primary N) is 1. The van der Waals surface area contributed by atoms with Gasteiger partial charge in [0.2, 0.25) is 0 Å². The van der Waals surface area contributed by atoms with Crippen LogP contribution < -0.4 is 5.73 Å². The highest BCUT2D eigenvalue weighted by molar-refractivity contribution is 7.16. The molecule has 0 aromatic carbocycles. The van der Waals surface area contributed by atoms with Gasteiger partial charge in [0.05, 0.1) is 10.6 Å². The van der Waals surface area contributed by atoms with E-state index in [2.05, 4.69) is 0 Å². The fourth-order valence-corrected chi connectivity index (χ4v) is 2.45. The molecule has 0 bridgehead atoms. The van der Waals surface area contributed by atoms with Crippen molar-refractivity contribution in [2.24, 2.45) is 5.92 Å². The highest BCUT2D eigenvalue weighted by atomic mass is 32.1. The van der Waals surface area contributed by atoms with Gasteiger partial charge in [-0.1, -0.05) is 0 Å². The first-order chi connectivity index (χ1) is 6.11. The molecule has 0 radical (unpaired) electrons. The summed E-state index contributed by atoms with van der Waals surface area (Å²) in [5.41, 5.74) is 7.69. The number of nitrogen functional groups attached to an aromatic ring is 1. The van der Waals surface area contributed by atoms with Crippen molar-refractivity contribution >= 4 is 22.1 Å². The van der Waals surface area contributed by atoms with Crippen LogP contribution in [0, 0.1) is 19.8 Å². The van der Waals surface area contributed by atoms with Crippen LogP contribution in [0.25, 0.3) is 0 Å². The Morgan fingerprint density at radius 2 is 2.08 bits per heavy atom. The van der Waals surface area contributed by atoms with Crippen LogP contribution in [0.2, 0.25) is 0 Å². The first-order valence-electron chi connectivity index (χ1n) is 4.51. The lowest BCUT2D eigenvalue weighted by molar-refractivity contribution is 0.0968. The highest BCUT2D eigenvalue weighted by Crippen LogP contribution is 2.38. The first-order valence-corrected chi connectivity index (χ1v) is 5.32. The Morgan fingerprint density at radius 1 is 1.46 bits per heavy atom. The molecule has 70 valence electrons. The molecule has 1 aromatic rings. The zero-order chi connectivity index (χ0) is 9.59. The summed E-state index contributed by atoms with van der Waals surface area (Å²) in [7, 11) is 0. The Bertz CT molecular complexity index is 363. The van der Waals surface area contributed by atoms with Crippen molar-refractivity contribution in [2.75, 3.05) is 5.73 Å². The van der Waals surface area contributed by atoms with E-state index < -0.39 is 0 Å². The average Bonchev–Trinajstić information content (AvgIpc) is 2.82. The Hall–Kier alpha value is -0.830. The van der Waals surface area contributed by atoms with Crippen LogP contribution in [0.4, 0.5) is 5.00 Å². The second kappa shape index (κ2) is 2.84. The van der Waals surface area contributed by atoms with Gasteiger partial charge < -0.3 is 5.73 Å². The van der Waals surface area contributed by atoms with E-state index in [1.54, 1.807) is 0 Å². The van der Waals surface area contributed by atoms with Crippen molar-refractivity contribution in [1.29, 1.82) is 0 Å². The minimum atomic E-state index is 0.263. The van der Waals surface area contributed by atoms with Gasteiger partial charge in [-0.15, -0.1) is 11.3 Å². The zero-order valence-corrected chi connectivity index (χ0v) is 8.70. The molecule has 3 heteroatoms. The maximum Gasteiger partial charge on any atom is 0.169 e. The summed E-state index contributed by atoms with van der Waals surface area (Å²) in [5.74, 6) is 0.536. The maximum absolute atomic E-state index is 11.8. The zero-order valence-electron chi connectivity index (χ0n) is 7.89. The predicted molar refractivity (Wildman–Crippen MR) is 55.3 cm³/mol. The average molecular weight is 195 g/mol. The first kappa shape index (κ1) is 8.75. The lowest BCUT2D eigenvalue weighted by atomic mass is 10.0. The second-order valence-corrected chi connectivity index (χ2v) is 4.92. The van der Waals surface area contributed by atoms with Crippen molar-refractivity contribution in [2.45, 2.75) is 26.7 Å². The molecular weight excluding hydrogens is 182 g/mol. The molecule has 1 fully saturated rings. The number of ketones is 1. The van der Waals surface area contributed by atoms with Gasteiger partial charge in [-0.3, -0.25) is 4.79 Å². The molecule has 13 heavy (non-hydrogen) atoms. The molecule has 1 aliphatic rings. The number of hydrogen-bond donors (Lipinski definition) is 1. The number of thiophene rings is 1. The third-order valence-electron chi connectivity index (χ3n) is 2.61. The number of anilines is 1. The monoisotopic (exact) mass is 195 g/mol. The largest absolute Gasteiger partial charge is 0.390 e. The number of carbonyl (C=O) groups excluding carboxylic acids is 1. The smallest absolute Gasteiger partial charge is 0.169 e. The normalized spacial score (nSPS) is 16.2. The summed E-state index contributed by atoms with van der Waals surface area (Å²) in [6.45, 7) is 4.00. The summed E-state index contributed by atoms with van der Waals surface area (Å²) >= 11 is 1.53. The molecule has 0 unspecified atom stereocenters. The van der Waals surface area contributed by atoms with Gasteiger partial charge in [-0.2, -0.15) is 0 Å². The fraction of sp³-hybridized carbons (Fsp3) is 0.500. The van der Waals surface area contributed by atoms with Crippen LogP contribution in [0.5, 0.6) is 0 Å². The Balaban J connectivity index is 2.42. The molecule has 2 N–H and O–H groups in total. The molecule has 1 saturated carbocycles. The van der Waals surface area contributed by atoms with Crippen molar-refractivity contribution in [3.8, 4) is 0 Å². The van der Waals surface area contributed by atoms with Gasteiger partial charge in [0.1, 0.15) is 0 Å². The van der Waals surface area contributed by atoms with Crippen molar-refractivity contribution in [1.82, 2.24) is 0 Å². The van der Waals surface area contributed by atoms with Crippen molar-refractivity contribution in [3.63, 3.8) is 0 Å². The number of carbonyl (C=O) groups is 1. The molecule has 1 aliphatic carbocycles. The van der Waals surface area contributed by atoms with E-state index in [1.165, 1.54) is 16.2 Å². The van der Waals surface area contributed by atoms with Crippen LogP contribution in [0.15, 0.2) is 0 Å². The molecule has 2 nitrogen and oxygen atoms in total. The summed E-state index contributed by atoms with van der Waals surface area (Å²) in [4.78, 5) is 13.0. The number of rotatable bonds is 2. The lowest BCUT2D eigenvalue weighted by Crippen LogP contribution is -2.04. The minimum Gasteiger partial charge on any atom is -0.390 e. The Labute approximate surface area is 81.8 Å². The van der Waals surface area contributed by atoms with Gasteiger partial charge in [0.15, 0.2) is 5.78 Å². The third kappa shape index (κ3) is 1.37. The molecule has 0 amide bonds. The van der Waals surface area contributed by atoms with Crippen molar-refractivity contribution in [3.05, 3.63) is 16.0 Å². The van der Waals surface area contributed by atoms with E-state index in [9.17, 15) is 4.79 Å². The molecule has 1 aromatic heterocycles. The van der Waals surface area contributed by atoms with Crippen LogP contribution in [0.3, 0.4) is 0 Å². The van der Waals surface area contributed by atoms with Gasteiger partial charge in [-0.05, 0) is 32.3 Å². The Morgan fingerprint density at radius 3 is 2.46 bits per heavy atom. The summed E-state index contributed by atoms with van der Waals surface area (Å²) in [6, 6.07) is 0. The Kier molecular flexibility index (Phi) is 1.91. The van der Waals surface area contributed by atoms with E-state index in [0.29, 0.717) is 5.00 Å². The van der Waals surface area contributed by atoms with Gasteiger partial charge in [0, 0.05) is 10.8 Å². The molecule has 0 spiro atoms. The highest BCUT2D eigenvalue weighted by Gasteiger charge is 2.33. The lowest BCUT2D eigenvalue weighted by Gasteiger charge is -1.98. The van der Waals surface area contributed by atoms with Crippen LogP contribution in [0.1, 0.15) is 33.6 Å². The molecular formula is C10H13NOS. The van der Waals surface area contributed by atoms with E-state index in [-0.39, 0.29) is 11.7 Å². The van der Waals surface area contributed by atoms with E-state index in [4.69, 9.17) is 5.73 Å². The van der Waals surface area contributed by atoms with E-state index in [0.717, 1.165) is 24.0 Å². The van der Waals surface area contributed by atoms with E-state index in [1.807, 2.05) is 13.8 Å². The molecule has 0 atom stereocenters. The molecule has 0 aliphatic heterocycles. The summed E-state index contributed by atoms with van der Waals surface area (Å²) < 4.78 is 0. The number of Topliss-reactive ketones (excluding diaryl/α,β-unsaturated/α-hetero) is 1. The minimum absolute atomic E-state index is 0.263. The number of aryl methyl sites for hydroxylation is 1. The van der Waals surface area contributed by atoms with Crippen molar-refractivity contribution < 1.29 is 4.79 Å².